The van der Waals surface area contributed by atoms with E-state index in [-0.39, 0.29) is 9.80 Å². The second kappa shape index (κ2) is 6.75. The second-order valence-electron chi connectivity index (χ2n) is 5.50. The van der Waals surface area contributed by atoms with Gasteiger partial charge in [0.05, 0.1) is 11.2 Å². The molecule has 0 atom stereocenters. The van der Waals surface area contributed by atoms with Crippen LogP contribution >= 0.6 is 0 Å². The third-order valence-electron chi connectivity index (χ3n) is 3.72. The molecule has 0 N–H and O–H groups in total. The average Bonchev–Trinajstić information content (AvgIpc) is 3.15. The fourth-order valence-corrected chi connectivity index (χ4v) is 3.48. The predicted octanol–water partition coefficient (Wildman–Crippen LogP) is 3.52. The van der Waals surface area contributed by atoms with E-state index in [1.54, 1.807) is 42.9 Å². The maximum absolute atomic E-state index is 12.6. The van der Waals surface area contributed by atoms with Gasteiger partial charge < -0.3 is 4.57 Å². The number of sulfone groups is 1. The van der Waals surface area contributed by atoms with Gasteiger partial charge in [-0.15, -0.1) is 0 Å². The summed E-state index contributed by atoms with van der Waals surface area (Å²) in [5.41, 5.74) is 2.49. The molecule has 124 valence electrons. The molecule has 0 bridgehead atoms. The molecule has 0 aliphatic heterocycles. The fourth-order valence-electron chi connectivity index (χ4n) is 2.32. The number of nitriles is 1. The minimum Gasteiger partial charge on any atom is -0.306 e. The molecular formula is C19H15N3O2S. The highest BCUT2D eigenvalue weighted by Crippen LogP contribution is 2.22. The second-order valence-corrected chi connectivity index (χ2v) is 7.42. The van der Waals surface area contributed by atoms with Crippen molar-refractivity contribution in [1.82, 2.24) is 9.55 Å². The molecule has 25 heavy (non-hydrogen) atoms. The van der Waals surface area contributed by atoms with Gasteiger partial charge in [-0.1, -0.05) is 29.8 Å². The van der Waals surface area contributed by atoms with Gasteiger partial charge in [-0.3, -0.25) is 0 Å². The molecule has 0 unspecified atom stereocenters. The van der Waals surface area contributed by atoms with Gasteiger partial charge in [0.1, 0.15) is 11.0 Å². The summed E-state index contributed by atoms with van der Waals surface area (Å²) in [4.78, 5) is 3.81. The Balaban J connectivity index is 1.95. The SMILES string of the molecule is Cc1ccc(S(=O)(=O)C(C#N)=Cc2ccc(-n3ccnc3)cc2)cc1. The summed E-state index contributed by atoms with van der Waals surface area (Å²) in [6.07, 6.45) is 6.55. The zero-order valence-corrected chi connectivity index (χ0v) is 14.3. The van der Waals surface area contributed by atoms with Gasteiger partial charge in [0, 0.05) is 18.1 Å². The van der Waals surface area contributed by atoms with E-state index in [9.17, 15) is 13.7 Å². The highest BCUT2D eigenvalue weighted by atomic mass is 32.2. The first-order valence-electron chi connectivity index (χ1n) is 7.53. The zero-order chi connectivity index (χ0) is 17.9. The average molecular weight is 349 g/mol. The van der Waals surface area contributed by atoms with E-state index < -0.39 is 9.84 Å². The van der Waals surface area contributed by atoms with Crippen molar-refractivity contribution in [3.05, 3.63) is 83.3 Å². The number of allylic oxidation sites excluding steroid dienone is 1. The van der Waals surface area contributed by atoms with Crippen LogP contribution in [0.5, 0.6) is 0 Å². The van der Waals surface area contributed by atoms with Gasteiger partial charge >= 0.3 is 0 Å². The van der Waals surface area contributed by atoms with Crippen molar-refractivity contribution in [2.24, 2.45) is 0 Å². The number of rotatable bonds is 4. The predicted molar refractivity (Wildman–Crippen MR) is 95.5 cm³/mol. The van der Waals surface area contributed by atoms with E-state index in [1.165, 1.54) is 18.2 Å². The summed E-state index contributed by atoms with van der Waals surface area (Å²) in [7, 11) is -3.83. The number of aromatic nitrogens is 2. The van der Waals surface area contributed by atoms with Crippen LogP contribution in [-0.2, 0) is 9.84 Å². The number of imidazole rings is 1. The van der Waals surface area contributed by atoms with Gasteiger partial charge in [0.15, 0.2) is 0 Å². The standard InChI is InChI=1S/C19H15N3O2S/c1-15-2-8-18(9-3-15)25(23,24)19(13-20)12-16-4-6-17(7-5-16)22-11-10-21-14-22/h2-12,14H,1H3. The first-order chi connectivity index (χ1) is 12.0. The molecule has 0 saturated carbocycles. The highest BCUT2D eigenvalue weighted by Gasteiger charge is 2.20. The minimum absolute atomic E-state index is 0.112. The lowest BCUT2D eigenvalue weighted by Gasteiger charge is -2.05. The van der Waals surface area contributed by atoms with Crippen molar-refractivity contribution in [2.75, 3.05) is 0 Å². The van der Waals surface area contributed by atoms with Gasteiger partial charge in [-0.05, 0) is 42.8 Å². The Morgan fingerprint density at radius 1 is 1.12 bits per heavy atom. The van der Waals surface area contributed by atoms with E-state index in [0.717, 1.165) is 11.3 Å². The summed E-state index contributed by atoms with van der Waals surface area (Å²) in [6.45, 7) is 1.87. The Morgan fingerprint density at radius 2 is 1.80 bits per heavy atom. The molecule has 1 heterocycles. The summed E-state index contributed by atoms with van der Waals surface area (Å²) >= 11 is 0. The Morgan fingerprint density at radius 3 is 2.36 bits per heavy atom. The lowest BCUT2D eigenvalue weighted by Crippen LogP contribution is -2.03. The minimum atomic E-state index is -3.83. The largest absolute Gasteiger partial charge is 0.306 e. The smallest absolute Gasteiger partial charge is 0.216 e. The molecule has 0 radical (unpaired) electrons. The van der Waals surface area contributed by atoms with Crippen LogP contribution in [0.2, 0.25) is 0 Å². The maximum Gasteiger partial charge on any atom is 0.216 e. The zero-order valence-electron chi connectivity index (χ0n) is 13.5. The van der Waals surface area contributed by atoms with E-state index >= 15 is 0 Å². The van der Waals surface area contributed by atoms with Gasteiger partial charge in [-0.25, -0.2) is 13.4 Å². The summed E-state index contributed by atoms with van der Waals surface area (Å²) in [5, 5.41) is 9.33. The molecule has 0 amide bonds. The molecule has 3 rings (SSSR count). The Labute approximate surface area is 146 Å². The van der Waals surface area contributed by atoms with Crippen LogP contribution in [0.1, 0.15) is 11.1 Å². The van der Waals surface area contributed by atoms with Crippen molar-refractivity contribution in [3.63, 3.8) is 0 Å². The monoisotopic (exact) mass is 349 g/mol. The number of benzene rings is 2. The highest BCUT2D eigenvalue weighted by molar-refractivity contribution is 7.95. The molecule has 3 aromatic rings. The first kappa shape index (κ1) is 16.7. The van der Waals surface area contributed by atoms with Crippen LogP contribution in [0.4, 0.5) is 0 Å². The summed E-state index contributed by atoms with van der Waals surface area (Å²) in [6, 6.07) is 15.4. The fraction of sp³-hybridized carbons (Fsp3) is 0.0526. The molecule has 0 aliphatic carbocycles. The molecule has 0 fully saturated rings. The Hall–Kier alpha value is -3.17. The number of aryl methyl sites for hydroxylation is 1. The van der Waals surface area contributed by atoms with Crippen molar-refractivity contribution in [3.8, 4) is 11.8 Å². The number of hydrogen-bond acceptors (Lipinski definition) is 4. The molecular weight excluding hydrogens is 334 g/mol. The van der Waals surface area contributed by atoms with Crippen molar-refractivity contribution in [2.45, 2.75) is 11.8 Å². The quantitative estimate of drug-likeness (QED) is 0.675. The van der Waals surface area contributed by atoms with E-state index in [2.05, 4.69) is 4.98 Å². The van der Waals surface area contributed by atoms with Crippen LogP contribution in [0.15, 0.2) is 77.1 Å². The van der Waals surface area contributed by atoms with Crippen LogP contribution in [0.3, 0.4) is 0 Å². The van der Waals surface area contributed by atoms with E-state index in [4.69, 9.17) is 0 Å². The lowest BCUT2D eigenvalue weighted by molar-refractivity contribution is 0.603. The molecule has 6 heteroatoms. The Kier molecular flexibility index (Phi) is 4.50. The number of hydrogen-bond donors (Lipinski definition) is 0. The summed E-state index contributed by atoms with van der Waals surface area (Å²) < 4.78 is 27.1. The van der Waals surface area contributed by atoms with Crippen LogP contribution in [0, 0.1) is 18.3 Å². The molecule has 0 saturated heterocycles. The third kappa shape index (κ3) is 3.52. The van der Waals surface area contributed by atoms with Crippen LogP contribution in [0.25, 0.3) is 11.8 Å². The van der Waals surface area contributed by atoms with Gasteiger partial charge in [0.25, 0.3) is 0 Å². The molecule has 2 aromatic carbocycles. The van der Waals surface area contributed by atoms with Gasteiger partial charge in [0.2, 0.25) is 9.84 Å². The van der Waals surface area contributed by atoms with Gasteiger partial charge in [-0.2, -0.15) is 5.26 Å². The van der Waals surface area contributed by atoms with Crippen molar-refractivity contribution >= 4 is 15.9 Å². The maximum atomic E-state index is 12.6. The molecule has 5 nitrogen and oxygen atoms in total. The number of nitrogens with zero attached hydrogens (tertiary/aromatic N) is 3. The van der Waals surface area contributed by atoms with Crippen molar-refractivity contribution < 1.29 is 8.42 Å². The summed E-state index contributed by atoms with van der Waals surface area (Å²) in [5.74, 6) is 0. The van der Waals surface area contributed by atoms with E-state index in [0.29, 0.717) is 5.56 Å². The molecule has 1 aromatic heterocycles. The van der Waals surface area contributed by atoms with Crippen LogP contribution < -0.4 is 0 Å². The van der Waals surface area contributed by atoms with E-state index in [1.807, 2.05) is 29.8 Å². The normalized spacial score (nSPS) is 11.9. The molecule has 0 spiro atoms. The van der Waals surface area contributed by atoms with Crippen molar-refractivity contribution in [1.29, 1.82) is 5.26 Å². The topological polar surface area (TPSA) is 75.8 Å². The lowest BCUT2D eigenvalue weighted by atomic mass is 10.2. The first-order valence-corrected chi connectivity index (χ1v) is 9.01. The van der Waals surface area contributed by atoms with Crippen LogP contribution in [-0.4, -0.2) is 18.0 Å². The Bertz CT molecular complexity index is 1040. The third-order valence-corrected chi connectivity index (χ3v) is 5.41. The molecule has 0 aliphatic rings.